The molecule has 1 heterocycles. The highest BCUT2D eigenvalue weighted by molar-refractivity contribution is 6.35. The lowest BCUT2D eigenvalue weighted by Crippen LogP contribution is -2.57. The predicted molar refractivity (Wildman–Crippen MR) is 54.4 cm³/mol. The molecule has 2 amide bonds. The number of nitrogens with two attached hydrogens (primary N) is 1. The van der Waals surface area contributed by atoms with Gasteiger partial charge in [0, 0.05) is 26.2 Å². The smallest absolute Gasteiger partial charge is 0.322 e. The fraction of sp³-hybridized carbons (Fsp3) is 0.667. The first kappa shape index (κ1) is 12.4. The quantitative estimate of drug-likeness (QED) is 0.547. The van der Waals surface area contributed by atoms with Crippen molar-refractivity contribution in [3.8, 4) is 0 Å². The Morgan fingerprint density at radius 2 is 1.88 bits per heavy atom. The van der Waals surface area contributed by atoms with E-state index in [2.05, 4.69) is 0 Å². The Morgan fingerprint density at radius 1 is 1.38 bits per heavy atom. The van der Waals surface area contributed by atoms with Gasteiger partial charge in [-0.2, -0.15) is 0 Å². The number of likely N-dealkylation sites (N-methyl/N-ethyl adjacent to an activating group) is 1. The van der Waals surface area contributed by atoms with Crippen molar-refractivity contribution >= 4 is 17.8 Å². The number of rotatable bonds is 4. The lowest BCUT2D eigenvalue weighted by Gasteiger charge is -2.33. The van der Waals surface area contributed by atoms with E-state index >= 15 is 0 Å². The van der Waals surface area contributed by atoms with Crippen molar-refractivity contribution in [1.29, 1.82) is 0 Å². The molecule has 7 nitrogen and oxygen atoms in total. The summed E-state index contributed by atoms with van der Waals surface area (Å²) in [4.78, 5) is 36.1. The average Bonchev–Trinajstić information content (AvgIpc) is 2.25. The van der Waals surface area contributed by atoms with Gasteiger partial charge in [-0.05, 0) is 6.92 Å². The van der Waals surface area contributed by atoms with E-state index in [1.165, 1.54) is 9.80 Å². The van der Waals surface area contributed by atoms with Crippen LogP contribution in [-0.4, -0.2) is 64.9 Å². The Hall–Kier alpha value is -1.63. The van der Waals surface area contributed by atoms with Crippen LogP contribution < -0.4 is 5.73 Å². The van der Waals surface area contributed by atoms with Gasteiger partial charge in [0.1, 0.15) is 6.04 Å². The number of hydrogen-bond acceptors (Lipinski definition) is 4. The van der Waals surface area contributed by atoms with E-state index in [1.807, 2.05) is 0 Å². The lowest BCUT2D eigenvalue weighted by molar-refractivity contribution is -0.156. The number of hydrogen-bond donors (Lipinski definition) is 2. The molecule has 0 bridgehead atoms. The summed E-state index contributed by atoms with van der Waals surface area (Å²) in [5, 5.41) is 8.60. The lowest BCUT2D eigenvalue weighted by atomic mass is 10.2. The summed E-state index contributed by atoms with van der Waals surface area (Å²) >= 11 is 0. The van der Waals surface area contributed by atoms with E-state index in [0.29, 0.717) is 19.6 Å². The highest BCUT2D eigenvalue weighted by atomic mass is 16.4. The molecule has 90 valence electrons. The zero-order valence-electron chi connectivity index (χ0n) is 9.05. The minimum atomic E-state index is -1.18. The summed E-state index contributed by atoms with van der Waals surface area (Å²) < 4.78 is 0. The first-order valence-corrected chi connectivity index (χ1v) is 5.04. The van der Waals surface area contributed by atoms with Gasteiger partial charge in [0.2, 0.25) is 0 Å². The van der Waals surface area contributed by atoms with E-state index in [0.717, 1.165) is 0 Å². The minimum absolute atomic E-state index is 0.128. The van der Waals surface area contributed by atoms with E-state index in [9.17, 15) is 14.4 Å². The summed E-state index contributed by atoms with van der Waals surface area (Å²) in [7, 11) is 0. The zero-order chi connectivity index (χ0) is 12.3. The van der Waals surface area contributed by atoms with E-state index in [1.54, 1.807) is 6.92 Å². The van der Waals surface area contributed by atoms with Crippen LogP contribution in [-0.2, 0) is 14.4 Å². The molecule has 1 unspecified atom stereocenters. The molecule has 1 aliphatic rings. The van der Waals surface area contributed by atoms with Crippen molar-refractivity contribution in [2.75, 3.05) is 26.2 Å². The molecule has 1 atom stereocenters. The SMILES string of the molecule is CCN1CCN(CC(N)C(=O)O)C(=O)C1=O. The van der Waals surface area contributed by atoms with E-state index in [4.69, 9.17) is 10.8 Å². The second-order valence-corrected chi connectivity index (χ2v) is 3.58. The molecule has 16 heavy (non-hydrogen) atoms. The largest absolute Gasteiger partial charge is 0.480 e. The third-order valence-electron chi connectivity index (χ3n) is 2.51. The van der Waals surface area contributed by atoms with Crippen LogP contribution >= 0.6 is 0 Å². The van der Waals surface area contributed by atoms with Crippen LogP contribution in [0.2, 0.25) is 0 Å². The number of carbonyl (C=O) groups is 3. The Balaban J connectivity index is 2.62. The fourth-order valence-electron chi connectivity index (χ4n) is 1.51. The van der Waals surface area contributed by atoms with Gasteiger partial charge in [-0.25, -0.2) is 0 Å². The van der Waals surface area contributed by atoms with Gasteiger partial charge in [0.05, 0.1) is 0 Å². The molecular weight excluding hydrogens is 214 g/mol. The Labute approximate surface area is 92.8 Å². The third kappa shape index (κ3) is 2.48. The van der Waals surface area contributed by atoms with Gasteiger partial charge in [-0.1, -0.05) is 0 Å². The van der Waals surface area contributed by atoms with Gasteiger partial charge >= 0.3 is 17.8 Å². The maximum absolute atomic E-state index is 11.5. The van der Waals surface area contributed by atoms with Gasteiger partial charge < -0.3 is 20.6 Å². The van der Waals surface area contributed by atoms with Crippen LogP contribution in [0, 0.1) is 0 Å². The number of carboxylic acid groups (broad SMARTS) is 1. The predicted octanol–water partition coefficient (Wildman–Crippen LogP) is -1.91. The summed E-state index contributed by atoms with van der Waals surface area (Å²) in [6.07, 6.45) is 0. The summed E-state index contributed by atoms with van der Waals surface area (Å²) in [6.45, 7) is 2.89. The standard InChI is InChI=1S/C9H15N3O4/c1-2-11-3-4-12(8(14)7(11)13)5-6(10)9(15)16/h6H,2-5,10H2,1H3,(H,15,16). The second kappa shape index (κ2) is 4.93. The molecule has 0 aromatic rings. The Bertz CT molecular complexity index is 318. The Morgan fingerprint density at radius 3 is 2.38 bits per heavy atom. The summed E-state index contributed by atoms with van der Waals surface area (Å²) in [5.41, 5.74) is 5.30. The molecule has 7 heteroatoms. The first-order chi connectivity index (χ1) is 7.47. The minimum Gasteiger partial charge on any atom is -0.480 e. The van der Waals surface area contributed by atoms with Crippen LogP contribution in [0.5, 0.6) is 0 Å². The third-order valence-corrected chi connectivity index (χ3v) is 2.51. The van der Waals surface area contributed by atoms with Crippen molar-refractivity contribution in [3.05, 3.63) is 0 Å². The summed E-state index contributed by atoms with van der Waals surface area (Å²) in [5.74, 6) is -2.45. The number of carboxylic acids is 1. The maximum Gasteiger partial charge on any atom is 0.322 e. The topological polar surface area (TPSA) is 104 Å². The first-order valence-electron chi connectivity index (χ1n) is 5.04. The van der Waals surface area contributed by atoms with Crippen LogP contribution in [0.15, 0.2) is 0 Å². The van der Waals surface area contributed by atoms with Crippen molar-refractivity contribution < 1.29 is 19.5 Å². The molecule has 1 aliphatic heterocycles. The number of nitrogens with zero attached hydrogens (tertiary/aromatic N) is 2. The molecule has 0 radical (unpaired) electrons. The Kier molecular flexibility index (Phi) is 3.83. The molecule has 1 fully saturated rings. The summed E-state index contributed by atoms with van der Waals surface area (Å²) in [6, 6.07) is -1.15. The van der Waals surface area contributed by atoms with Crippen LogP contribution in [0.3, 0.4) is 0 Å². The van der Waals surface area contributed by atoms with Crippen molar-refractivity contribution in [2.24, 2.45) is 5.73 Å². The van der Waals surface area contributed by atoms with Crippen LogP contribution in [0.4, 0.5) is 0 Å². The fourth-order valence-corrected chi connectivity index (χ4v) is 1.51. The normalized spacial score (nSPS) is 18.9. The second-order valence-electron chi connectivity index (χ2n) is 3.58. The zero-order valence-corrected chi connectivity index (χ0v) is 9.05. The van der Waals surface area contributed by atoms with Gasteiger partial charge in [0.15, 0.2) is 0 Å². The number of aliphatic carboxylic acids is 1. The van der Waals surface area contributed by atoms with Crippen molar-refractivity contribution in [2.45, 2.75) is 13.0 Å². The van der Waals surface area contributed by atoms with Crippen LogP contribution in [0.1, 0.15) is 6.92 Å². The van der Waals surface area contributed by atoms with E-state index < -0.39 is 23.8 Å². The average molecular weight is 229 g/mol. The van der Waals surface area contributed by atoms with Gasteiger partial charge in [-0.15, -0.1) is 0 Å². The van der Waals surface area contributed by atoms with Crippen molar-refractivity contribution in [1.82, 2.24) is 9.80 Å². The highest BCUT2D eigenvalue weighted by Crippen LogP contribution is 2.05. The van der Waals surface area contributed by atoms with Gasteiger partial charge in [0.25, 0.3) is 0 Å². The number of amides is 2. The maximum atomic E-state index is 11.5. The highest BCUT2D eigenvalue weighted by Gasteiger charge is 2.33. The number of carbonyl (C=O) groups excluding carboxylic acids is 2. The molecule has 3 N–H and O–H groups in total. The molecule has 1 rings (SSSR count). The van der Waals surface area contributed by atoms with Gasteiger partial charge in [-0.3, -0.25) is 14.4 Å². The monoisotopic (exact) mass is 229 g/mol. The molecule has 1 saturated heterocycles. The molecule has 0 spiro atoms. The van der Waals surface area contributed by atoms with Crippen LogP contribution in [0.25, 0.3) is 0 Å². The number of piperazine rings is 1. The molecule has 0 aromatic carbocycles. The molecule has 0 aliphatic carbocycles. The van der Waals surface area contributed by atoms with Crippen molar-refractivity contribution in [3.63, 3.8) is 0 Å². The van der Waals surface area contributed by atoms with E-state index in [-0.39, 0.29) is 6.54 Å². The molecule has 0 saturated carbocycles. The molecular formula is C9H15N3O4. The molecule has 0 aromatic heterocycles.